The molecule has 4 nitrogen and oxygen atoms in total. The highest BCUT2D eigenvalue weighted by Crippen LogP contribution is 2.33. The van der Waals surface area contributed by atoms with Crippen molar-refractivity contribution in [3.8, 4) is 5.75 Å². The Kier molecular flexibility index (Phi) is 6.88. The first-order chi connectivity index (χ1) is 7.49. The van der Waals surface area contributed by atoms with Gasteiger partial charge in [-0.1, -0.05) is 23.2 Å². The first-order valence-electron chi connectivity index (χ1n) is 4.48. The second-order valence-electron chi connectivity index (χ2n) is 2.82. The summed E-state index contributed by atoms with van der Waals surface area (Å²) >= 11 is 11.4. The van der Waals surface area contributed by atoms with Gasteiger partial charge < -0.3 is 15.2 Å². The summed E-state index contributed by atoms with van der Waals surface area (Å²) in [4.78, 5) is 10.7. The van der Waals surface area contributed by atoms with E-state index in [0.29, 0.717) is 0 Å². The largest absolute Gasteiger partial charge is 0.494 e. The SMILES string of the molecule is COc1c(Cl)ccc(Cl)c1C(=O)O.C[NH2+]C. The molecule has 0 spiro atoms. The Morgan fingerprint density at radius 3 is 2.06 bits per heavy atom. The number of nitrogens with two attached hydrogens (primary N) is 1. The summed E-state index contributed by atoms with van der Waals surface area (Å²) in [7, 11) is 5.34. The Morgan fingerprint density at radius 2 is 1.75 bits per heavy atom. The van der Waals surface area contributed by atoms with Gasteiger partial charge in [0.25, 0.3) is 0 Å². The van der Waals surface area contributed by atoms with Crippen molar-refractivity contribution < 1.29 is 20.0 Å². The molecule has 0 aliphatic carbocycles. The molecule has 0 radical (unpaired) electrons. The molecule has 0 aliphatic heterocycles. The van der Waals surface area contributed by atoms with Crippen LogP contribution >= 0.6 is 23.2 Å². The third kappa shape index (κ3) is 3.89. The monoisotopic (exact) mass is 266 g/mol. The summed E-state index contributed by atoms with van der Waals surface area (Å²) in [6.45, 7) is 0. The van der Waals surface area contributed by atoms with Crippen molar-refractivity contribution in [2.45, 2.75) is 0 Å². The standard InChI is InChI=1S/C8H6Cl2O3.C2H7N/c1-13-7-5(10)3-2-4(9)6(7)8(11)12;1-3-2/h2-3H,1H3,(H,11,12);3H,1-2H3/p+1. The average molecular weight is 267 g/mol. The molecular formula is C10H14Cl2NO3+. The Hall–Kier alpha value is -0.970. The number of rotatable bonds is 2. The van der Waals surface area contributed by atoms with Crippen LogP contribution in [0.5, 0.6) is 5.75 Å². The molecule has 0 aliphatic rings. The van der Waals surface area contributed by atoms with E-state index in [1.807, 2.05) is 19.4 Å². The molecule has 90 valence electrons. The highest BCUT2D eigenvalue weighted by atomic mass is 35.5. The van der Waals surface area contributed by atoms with E-state index in [-0.39, 0.29) is 21.4 Å². The molecule has 0 unspecified atom stereocenters. The van der Waals surface area contributed by atoms with Crippen molar-refractivity contribution in [2.24, 2.45) is 0 Å². The maximum Gasteiger partial charge on any atom is 0.341 e. The van der Waals surface area contributed by atoms with Crippen molar-refractivity contribution >= 4 is 29.2 Å². The molecule has 0 heterocycles. The molecular weight excluding hydrogens is 253 g/mol. The normalized spacial score (nSPS) is 9.06. The van der Waals surface area contributed by atoms with Crippen molar-refractivity contribution in [1.29, 1.82) is 0 Å². The third-order valence-electron chi connectivity index (χ3n) is 1.48. The number of ether oxygens (including phenoxy) is 1. The van der Waals surface area contributed by atoms with Crippen LogP contribution in [0, 0.1) is 0 Å². The van der Waals surface area contributed by atoms with Crippen LogP contribution in [0.4, 0.5) is 0 Å². The van der Waals surface area contributed by atoms with Crippen LogP contribution in [0.2, 0.25) is 10.0 Å². The van der Waals surface area contributed by atoms with E-state index in [1.54, 1.807) is 0 Å². The van der Waals surface area contributed by atoms with Gasteiger partial charge in [0, 0.05) is 0 Å². The zero-order valence-electron chi connectivity index (χ0n) is 9.25. The van der Waals surface area contributed by atoms with E-state index in [1.165, 1.54) is 19.2 Å². The fourth-order valence-corrected chi connectivity index (χ4v) is 1.40. The fraction of sp³-hybridized carbons (Fsp3) is 0.300. The molecule has 0 aromatic heterocycles. The maximum absolute atomic E-state index is 10.7. The zero-order chi connectivity index (χ0) is 12.7. The first kappa shape index (κ1) is 15.0. The summed E-state index contributed by atoms with van der Waals surface area (Å²) in [5.74, 6) is -1.08. The number of carbonyl (C=O) groups is 1. The molecule has 0 saturated heterocycles. The topological polar surface area (TPSA) is 63.1 Å². The molecule has 0 fully saturated rings. The predicted molar refractivity (Wildman–Crippen MR) is 63.7 cm³/mol. The molecule has 0 amide bonds. The molecule has 1 aromatic carbocycles. The van der Waals surface area contributed by atoms with Crippen molar-refractivity contribution in [2.75, 3.05) is 21.2 Å². The Balaban J connectivity index is 0.000000673. The molecule has 6 heteroatoms. The molecule has 0 saturated carbocycles. The van der Waals surface area contributed by atoms with E-state index in [4.69, 9.17) is 33.0 Å². The Bertz CT molecular complexity index is 369. The lowest BCUT2D eigenvalue weighted by Gasteiger charge is -2.07. The number of carboxylic acids is 1. The quantitative estimate of drug-likeness (QED) is 0.853. The summed E-state index contributed by atoms with van der Waals surface area (Å²) in [6.07, 6.45) is 0. The average Bonchev–Trinajstić information content (AvgIpc) is 2.21. The molecule has 16 heavy (non-hydrogen) atoms. The van der Waals surface area contributed by atoms with Crippen molar-refractivity contribution in [1.82, 2.24) is 0 Å². The van der Waals surface area contributed by atoms with Gasteiger partial charge in [0.1, 0.15) is 5.56 Å². The van der Waals surface area contributed by atoms with Crippen LogP contribution in [-0.4, -0.2) is 32.3 Å². The zero-order valence-corrected chi connectivity index (χ0v) is 10.8. The lowest BCUT2D eigenvalue weighted by molar-refractivity contribution is -0.597. The number of halogens is 2. The highest BCUT2D eigenvalue weighted by molar-refractivity contribution is 6.36. The number of methoxy groups -OCH3 is 1. The lowest BCUT2D eigenvalue weighted by Crippen LogP contribution is -2.74. The van der Waals surface area contributed by atoms with E-state index >= 15 is 0 Å². The summed E-state index contributed by atoms with van der Waals surface area (Å²) < 4.78 is 4.82. The van der Waals surface area contributed by atoms with E-state index in [0.717, 1.165) is 0 Å². The Morgan fingerprint density at radius 1 is 1.31 bits per heavy atom. The van der Waals surface area contributed by atoms with E-state index in [9.17, 15) is 4.79 Å². The number of quaternary nitrogens is 1. The van der Waals surface area contributed by atoms with Gasteiger partial charge in [0.2, 0.25) is 0 Å². The Labute approximate surface area is 104 Å². The van der Waals surface area contributed by atoms with E-state index < -0.39 is 5.97 Å². The second-order valence-corrected chi connectivity index (χ2v) is 3.63. The summed E-state index contributed by atoms with van der Waals surface area (Å²) in [5, 5.41) is 11.1. The minimum absolute atomic E-state index is 0.0849. The number of benzene rings is 1. The van der Waals surface area contributed by atoms with Gasteiger partial charge in [-0.3, -0.25) is 0 Å². The van der Waals surface area contributed by atoms with Crippen LogP contribution < -0.4 is 10.1 Å². The highest BCUT2D eigenvalue weighted by Gasteiger charge is 2.17. The second kappa shape index (κ2) is 7.33. The molecule has 1 aromatic rings. The number of hydrogen-bond donors (Lipinski definition) is 2. The third-order valence-corrected chi connectivity index (χ3v) is 2.09. The first-order valence-corrected chi connectivity index (χ1v) is 5.24. The van der Waals surface area contributed by atoms with Gasteiger partial charge in [-0.05, 0) is 12.1 Å². The smallest absolute Gasteiger partial charge is 0.341 e. The molecule has 1 rings (SSSR count). The minimum atomic E-state index is -1.16. The van der Waals surface area contributed by atoms with Crippen molar-refractivity contribution in [3.05, 3.63) is 27.7 Å². The van der Waals surface area contributed by atoms with Gasteiger partial charge in [-0.15, -0.1) is 0 Å². The van der Waals surface area contributed by atoms with Crippen molar-refractivity contribution in [3.63, 3.8) is 0 Å². The molecule has 3 N–H and O–H groups in total. The summed E-state index contributed by atoms with van der Waals surface area (Å²) in [6, 6.07) is 2.89. The predicted octanol–water partition coefficient (Wildman–Crippen LogP) is 1.51. The van der Waals surface area contributed by atoms with Gasteiger partial charge in [-0.25, -0.2) is 4.79 Å². The van der Waals surface area contributed by atoms with Crippen LogP contribution in [0.3, 0.4) is 0 Å². The fourth-order valence-electron chi connectivity index (χ4n) is 0.932. The van der Waals surface area contributed by atoms with Crippen LogP contribution in [0.1, 0.15) is 10.4 Å². The van der Waals surface area contributed by atoms with Crippen LogP contribution in [0.25, 0.3) is 0 Å². The number of aromatic carboxylic acids is 1. The van der Waals surface area contributed by atoms with Gasteiger partial charge >= 0.3 is 5.97 Å². The molecule has 0 atom stereocenters. The number of hydrogen-bond acceptors (Lipinski definition) is 2. The minimum Gasteiger partial charge on any atom is -0.494 e. The van der Waals surface area contributed by atoms with E-state index in [2.05, 4.69) is 0 Å². The number of carboxylic acid groups (broad SMARTS) is 1. The summed E-state index contributed by atoms with van der Waals surface area (Å²) in [5.41, 5.74) is -0.114. The van der Waals surface area contributed by atoms with Crippen LogP contribution in [-0.2, 0) is 0 Å². The van der Waals surface area contributed by atoms with Crippen LogP contribution in [0.15, 0.2) is 12.1 Å². The lowest BCUT2D eigenvalue weighted by atomic mass is 10.2. The van der Waals surface area contributed by atoms with Gasteiger partial charge in [-0.2, -0.15) is 0 Å². The molecule has 0 bridgehead atoms. The maximum atomic E-state index is 10.7. The van der Waals surface area contributed by atoms with Gasteiger partial charge in [0.05, 0.1) is 31.3 Å². The van der Waals surface area contributed by atoms with Gasteiger partial charge in [0.15, 0.2) is 5.75 Å².